The number of aliphatic carboxylic acids is 2. The third kappa shape index (κ3) is 21.0. The van der Waals surface area contributed by atoms with E-state index in [9.17, 15) is 24.3 Å². The van der Waals surface area contributed by atoms with Crippen molar-refractivity contribution in [2.75, 3.05) is 0 Å². The van der Waals surface area contributed by atoms with Crippen LogP contribution in [-0.4, -0.2) is 52.0 Å². The number of esters is 1. The van der Waals surface area contributed by atoms with Crippen molar-refractivity contribution in [3.05, 3.63) is 0 Å². The Labute approximate surface area is 216 Å². The molecule has 0 aliphatic heterocycles. The SMILES string of the molecule is CCCCCCCCCCCCC[C@@H](CC(=O)O)OC(=O)[C@H](CCCC(=O)O)NC(=O)OC(C)(C)C. The summed E-state index contributed by atoms with van der Waals surface area (Å²) in [5.74, 6) is -2.86. The summed E-state index contributed by atoms with van der Waals surface area (Å²) in [6.07, 6.45) is 11.3. The van der Waals surface area contributed by atoms with Gasteiger partial charge in [0.1, 0.15) is 17.7 Å². The Bertz CT molecular complexity index is 644. The van der Waals surface area contributed by atoms with Crippen molar-refractivity contribution in [3.63, 3.8) is 0 Å². The molecule has 0 heterocycles. The zero-order valence-electron chi connectivity index (χ0n) is 22.8. The standard InChI is InChI=1S/C27H49NO8/c1-5-6-7-8-9-10-11-12-13-14-15-17-21(20-24(31)32)35-25(33)22(18-16-19-23(29)30)28-26(34)36-27(2,3)4/h21-22H,5-20H2,1-4H3,(H,28,34)(H,29,30)(H,31,32)/t21-,22-/m0/s1. The second-order valence-corrected chi connectivity index (χ2v) is 10.5. The van der Waals surface area contributed by atoms with Crippen LogP contribution in [0, 0.1) is 0 Å². The molecule has 2 atom stereocenters. The van der Waals surface area contributed by atoms with E-state index in [2.05, 4.69) is 12.2 Å². The second kappa shape index (κ2) is 19.8. The van der Waals surface area contributed by atoms with Crippen LogP contribution in [0.3, 0.4) is 0 Å². The highest BCUT2D eigenvalue weighted by Crippen LogP contribution is 2.16. The first-order valence-corrected chi connectivity index (χ1v) is 13.6. The molecule has 0 saturated heterocycles. The van der Waals surface area contributed by atoms with Crippen molar-refractivity contribution in [1.82, 2.24) is 5.32 Å². The fraction of sp³-hybridized carbons (Fsp3) is 0.852. The minimum Gasteiger partial charge on any atom is -0.481 e. The molecule has 0 aliphatic rings. The van der Waals surface area contributed by atoms with Gasteiger partial charge in [-0.15, -0.1) is 0 Å². The molecule has 36 heavy (non-hydrogen) atoms. The van der Waals surface area contributed by atoms with E-state index in [0.717, 1.165) is 25.7 Å². The first-order valence-electron chi connectivity index (χ1n) is 13.6. The Morgan fingerprint density at radius 2 is 1.28 bits per heavy atom. The normalized spacial score (nSPS) is 13.0. The molecule has 0 aliphatic carbocycles. The first-order chi connectivity index (χ1) is 16.9. The Morgan fingerprint density at radius 3 is 1.75 bits per heavy atom. The third-order valence-corrected chi connectivity index (χ3v) is 5.67. The highest BCUT2D eigenvalue weighted by Gasteiger charge is 2.28. The molecule has 0 bridgehead atoms. The maximum Gasteiger partial charge on any atom is 0.408 e. The van der Waals surface area contributed by atoms with Crippen LogP contribution in [0.1, 0.15) is 130 Å². The highest BCUT2D eigenvalue weighted by atomic mass is 16.6. The number of carbonyl (C=O) groups excluding carboxylic acids is 2. The molecular weight excluding hydrogens is 466 g/mol. The van der Waals surface area contributed by atoms with Crippen LogP contribution in [0.15, 0.2) is 0 Å². The van der Waals surface area contributed by atoms with Crippen LogP contribution in [0.25, 0.3) is 0 Å². The van der Waals surface area contributed by atoms with Crippen LogP contribution in [-0.2, 0) is 23.9 Å². The van der Waals surface area contributed by atoms with Gasteiger partial charge in [0, 0.05) is 6.42 Å². The number of nitrogens with one attached hydrogen (secondary N) is 1. The van der Waals surface area contributed by atoms with Crippen molar-refractivity contribution >= 4 is 24.0 Å². The van der Waals surface area contributed by atoms with Crippen LogP contribution in [0.4, 0.5) is 4.79 Å². The monoisotopic (exact) mass is 515 g/mol. The number of amides is 1. The smallest absolute Gasteiger partial charge is 0.408 e. The summed E-state index contributed by atoms with van der Waals surface area (Å²) < 4.78 is 10.7. The Kier molecular flexibility index (Phi) is 18.5. The maximum absolute atomic E-state index is 12.8. The lowest BCUT2D eigenvalue weighted by Gasteiger charge is -2.24. The fourth-order valence-electron chi connectivity index (χ4n) is 3.84. The van der Waals surface area contributed by atoms with E-state index in [1.165, 1.54) is 44.9 Å². The largest absolute Gasteiger partial charge is 0.481 e. The second-order valence-electron chi connectivity index (χ2n) is 10.5. The summed E-state index contributed by atoms with van der Waals surface area (Å²) in [6, 6.07) is -1.12. The molecule has 0 radical (unpaired) electrons. The van der Waals surface area contributed by atoms with Gasteiger partial charge in [-0.2, -0.15) is 0 Å². The number of carbonyl (C=O) groups is 4. The van der Waals surface area contributed by atoms with Gasteiger partial charge in [-0.05, 0) is 46.5 Å². The van der Waals surface area contributed by atoms with Crippen molar-refractivity contribution in [2.24, 2.45) is 0 Å². The lowest BCUT2D eigenvalue weighted by molar-refractivity contribution is -0.156. The highest BCUT2D eigenvalue weighted by molar-refractivity contribution is 5.82. The molecule has 3 N–H and O–H groups in total. The van der Waals surface area contributed by atoms with Crippen LogP contribution < -0.4 is 5.32 Å². The van der Waals surface area contributed by atoms with E-state index in [4.69, 9.17) is 14.6 Å². The lowest BCUT2D eigenvalue weighted by Crippen LogP contribution is -2.45. The summed E-state index contributed by atoms with van der Waals surface area (Å²) in [5, 5.41) is 20.6. The van der Waals surface area contributed by atoms with Gasteiger partial charge < -0.3 is 25.0 Å². The van der Waals surface area contributed by atoms with E-state index in [0.29, 0.717) is 6.42 Å². The Hall–Kier alpha value is -2.32. The molecule has 0 spiro atoms. The Balaban J connectivity index is 4.64. The van der Waals surface area contributed by atoms with Crippen molar-refractivity contribution in [1.29, 1.82) is 0 Å². The van der Waals surface area contributed by atoms with Crippen LogP contribution in [0.2, 0.25) is 0 Å². The van der Waals surface area contributed by atoms with E-state index in [1.807, 2.05) is 0 Å². The Morgan fingerprint density at radius 1 is 0.750 bits per heavy atom. The van der Waals surface area contributed by atoms with E-state index >= 15 is 0 Å². The van der Waals surface area contributed by atoms with Gasteiger partial charge in [0.2, 0.25) is 0 Å². The van der Waals surface area contributed by atoms with Crippen LogP contribution in [0.5, 0.6) is 0 Å². The fourth-order valence-corrected chi connectivity index (χ4v) is 3.84. The zero-order valence-corrected chi connectivity index (χ0v) is 22.8. The summed E-state index contributed by atoms with van der Waals surface area (Å²) in [7, 11) is 0. The van der Waals surface area contributed by atoms with Crippen molar-refractivity contribution in [2.45, 2.75) is 148 Å². The zero-order chi connectivity index (χ0) is 27.4. The predicted octanol–water partition coefficient (Wildman–Crippen LogP) is 6.22. The number of carboxylic acids is 2. The molecule has 0 aromatic rings. The van der Waals surface area contributed by atoms with Crippen molar-refractivity contribution < 1.29 is 38.9 Å². The summed E-state index contributed by atoms with van der Waals surface area (Å²) in [6.45, 7) is 7.26. The first kappa shape index (κ1) is 33.7. The van der Waals surface area contributed by atoms with Gasteiger partial charge in [-0.3, -0.25) is 9.59 Å². The number of hydrogen-bond donors (Lipinski definition) is 3. The number of ether oxygens (including phenoxy) is 2. The summed E-state index contributed by atoms with van der Waals surface area (Å²) in [4.78, 5) is 47.1. The van der Waals surface area contributed by atoms with Gasteiger partial charge in [0.25, 0.3) is 0 Å². The minimum absolute atomic E-state index is 0.0443. The molecule has 0 fully saturated rings. The average molecular weight is 516 g/mol. The predicted molar refractivity (Wildman–Crippen MR) is 138 cm³/mol. The van der Waals surface area contributed by atoms with Gasteiger partial charge in [0.15, 0.2) is 0 Å². The topological polar surface area (TPSA) is 139 Å². The molecular formula is C27H49NO8. The molecule has 210 valence electrons. The number of unbranched alkanes of at least 4 members (excludes halogenated alkanes) is 10. The number of alkyl carbamates (subject to hydrolysis) is 1. The number of hydrogen-bond acceptors (Lipinski definition) is 6. The van der Waals surface area contributed by atoms with Gasteiger partial charge in [-0.25, -0.2) is 9.59 Å². The molecule has 1 amide bonds. The molecule has 9 heteroatoms. The molecule has 0 aromatic heterocycles. The lowest BCUT2D eigenvalue weighted by atomic mass is 10.0. The molecule has 0 saturated carbocycles. The number of rotatable bonds is 21. The van der Waals surface area contributed by atoms with Crippen LogP contribution >= 0.6 is 0 Å². The summed E-state index contributed by atoms with van der Waals surface area (Å²) >= 11 is 0. The number of carboxylic acid groups (broad SMARTS) is 2. The molecule has 0 aromatic carbocycles. The summed E-state index contributed by atoms with van der Waals surface area (Å²) in [5.41, 5.74) is -0.777. The molecule has 0 rings (SSSR count). The molecule has 9 nitrogen and oxygen atoms in total. The van der Waals surface area contributed by atoms with E-state index < -0.39 is 41.7 Å². The van der Waals surface area contributed by atoms with E-state index in [1.54, 1.807) is 20.8 Å². The van der Waals surface area contributed by atoms with E-state index in [-0.39, 0.29) is 25.7 Å². The van der Waals surface area contributed by atoms with Gasteiger partial charge in [0.05, 0.1) is 6.42 Å². The van der Waals surface area contributed by atoms with Gasteiger partial charge in [-0.1, -0.05) is 71.1 Å². The van der Waals surface area contributed by atoms with Crippen molar-refractivity contribution in [3.8, 4) is 0 Å². The quantitative estimate of drug-likeness (QED) is 0.121. The minimum atomic E-state index is -1.12. The third-order valence-electron chi connectivity index (χ3n) is 5.67. The molecule has 0 unspecified atom stereocenters. The average Bonchev–Trinajstić information content (AvgIpc) is 2.74. The van der Waals surface area contributed by atoms with Gasteiger partial charge >= 0.3 is 24.0 Å². The maximum atomic E-state index is 12.8.